The van der Waals surface area contributed by atoms with Gasteiger partial charge in [0.25, 0.3) is 0 Å². The molecule has 1 unspecified atom stereocenters. The molecule has 0 saturated heterocycles. The first-order chi connectivity index (χ1) is 12.3. The molecule has 0 amide bonds. The fraction of sp³-hybridized carbons (Fsp3) is 0.474. The third kappa shape index (κ3) is 4.65. The zero-order chi connectivity index (χ0) is 19.4. The van der Waals surface area contributed by atoms with Gasteiger partial charge in [0, 0.05) is 49.2 Å². The van der Waals surface area contributed by atoms with Gasteiger partial charge in [-0.1, -0.05) is 30.1 Å². The van der Waals surface area contributed by atoms with E-state index in [0.717, 1.165) is 0 Å². The molecule has 0 aliphatic heterocycles. The number of ketones is 2. The zero-order valence-corrected chi connectivity index (χ0v) is 16.7. The molecule has 0 radical (unpaired) electrons. The van der Waals surface area contributed by atoms with E-state index in [9.17, 15) is 14.7 Å². The maximum absolute atomic E-state index is 12.9. The molecule has 1 atom stereocenters. The van der Waals surface area contributed by atoms with Gasteiger partial charge < -0.3 is 9.84 Å². The largest absolute Gasteiger partial charge is 0.511 e. The molecule has 0 saturated carbocycles. The Morgan fingerprint density at radius 2 is 2.04 bits per heavy atom. The Hall–Kier alpha value is -1.40. The van der Waals surface area contributed by atoms with Crippen LogP contribution in [0.5, 0.6) is 0 Å². The average Bonchev–Trinajstić information content (AvgIpc) is 2.55. The Bertz CT molecular complexity index is 745. The van der Waals surface area contributed by atoms with Gasteiger partial charge in [0.15, 0.2) is 5.78 Å². The van der Waals surface area contributed by atoms with Crippen molar-refractivity contribution in [2.24, 2.45) is 5.92 Å². The van der Waals surface area contributed by atoms with Crippen molar-refractivity contribution in [3.05, 3.63) is 44.6 Å². The maximum atomic E-state index is 12.9. The van der Waals surface area contributed by atoms with Crippen LogP contribution in [0.15, 0.2) is 23.5 Å². The summed E-state index contributed by atoms with van der Waals surface area (Å²) in [5.41, 5.74) is 0.621. The minimum Gasteiger partial charge on any atom is -0.511 e. The van der Waals surface area contributed by atoms with Crippen LogP contribution in [0.1, 0.15) is 35.7 Å². The minimum atomic E-state index is -0.554. The summed E-state index contributed by atoms with van der Waals surface area (Å²) in [7, 11) is 3.51. The predicted molar refractivity (Wildman–Crippen MR) is 102 cm³/mol. The van der Waals surface area contributed by atoms with Crippen molar-refractivity contribution in [1.29, 1.82) is 0 Å². The third-order valence-electron chi connectivity index (χ3n) is 4.41. The minimum absolute atomic E-state index is 0.0183. The number of methoxy groups -OCH3 is 1. The number of aliphatic hydroxyl groups is 1. The Balaban J connectivity index is 2.36. The lowest BCUT2D eigenvalue weighted by Gasteiger charge is -2.21. The van der Waals surface area contributed by atoms with E-state index in [1.807, 2.05) is 18.9 Å². The molecular formula is C19H23Cl2NO4. The summed E-state index contributed by atoms with van der Waals surface area (Å²) in [6.45, 7) is 3.51. The number of benzene rings is 1. The summed E-state index contributed by atoms with van der Waals surface area (Å²) in [5, 5.41) is 10.8. The van der Waals surface area contributed by atoms with E-state index in [1.165, 1.54) is 6.07 Å². The number of carbonyl (C=O) groups excluding carboxylic acids is 2. The van der Waals surface area contributed by atoms with E-state index in [-0.39, 0.29) is 40.0 Å². The number of allylic oxidation sites excluding steroid dienone is 2. The lowest BCUT2D eigenvalue weighted by molar-refractivity contribution is -0.116. The van der Waals surface area contributed by atoms with E-state index in [4.69, 9.17) is 27.9 Å². The molecule has 142 valence electrons. The van der Waals surface area contributed by atoms with Gasteiger partial charge in [-0.3, -0.25) is 14.5 Å². The SMILES string of the molecule is COCCN(C)Cc1c(Cl)ccc(C(=O)C2=C(O)CC(C)CC2=O)c1Cl. The number of ether oxygens (including phenoxy) is 1. The van der Waals surface area contributed by atoms with Gasteiger partial charge >= 0.3 is 0 Å². The highest BCUT2D eigenvalue weighted by atomic mass is 35.5. The van der Waals surface area contributed by atoms with Crippen LogP contribution >= 0.6 is 23.2 Å². The summed E-state index contributed by atoms with van der Waals surface area (Å²) in [6, 6.07) is 3.09. The van der Waals surface area contributed by atoms with Crippen molar-refractivity contribution in [1.82, 2.24) is 4.90 Å². The highest BCUT2D eigenvalue weighted by molar-refractivity contribution is 6.40. The molecule has 1 aliphatic rings. The van der Waals surface area contributed by atoms with Crippen LogP contribution in [-0.2, 0) is 16.1 Å². The van der Waals surface area contributed by atoms with Crippen molar-refractivity contribution in [2.45, 2.75) is 26.3 Å². The molecular weight excluding hydrogens is 377 g/mol. The number of nitrogens with zero attached hydrogens (tertiary/aromatic N) is 1. The molecule has 0 heterocycles. The molecule has 7 heteroatoms. The van der Waals surface area contributed by atoms with Gasteiger partial charge in [-0.05, 0) is 25.1 Å². The number of Topliss-reactive ketones (excluding diaryl/α,β-unsaturated/α-hetero) is 2. The maximum Gasteiger partial charge on any atom is 0.201 e. The van der Waals surface area contributed by atoms with Gasteiger partial charge in [0.1, 0.15) is 11.3 Å². The quantitative estimate of drug-likeness (QED) is 0.552. The van der Waals surface area contributed by atoms with E-state index >= 15 is 0 Å². The van der Waals surface area contributed by atoms with Crippen LogP contribution in [-0.4, -0.2) is 48.9 Å². The number of hydrogen-bond donors (Lipinski definition) is 1. The molecule has 1 N–H and O–H groups in total. The smallest absolute Gasteiger partial charge is 0.201 e. The summed E-state index contributed by atoms with van der Waals surface area (Å²) in [4.78, 5) is 27.1. The molecule has 0 bridgehead atoms. The summed E-state index contributed by atoms with van der Waals surface area (Å²) < 4.78 is 5.05. The first-order valence-electron chi connectivity index (χ1n) is 8.40. The highest BCUT2D eigenvalue weighted by Gasteiger charge is 2.32. The molecule has 5 nitrogen and oxygen atoms in total. The van der Waals surface area contributed by atoms with Crippen LogP contribution in [0.3, 0.4) is 0 Å². The Kier molecular flexibility index (Phi) is 7.24. The van der Waals surface area contributed by atoms with Crippen molar-refractivity contribution in [3.63, 3.8) is 0 Å². The van der Waals surface area contributed by atoms with Crippen LogP contribution in [0, 0.1) is 5.92 Å². The van der Waals surface area contributed by atoms with Gasteiger partial charge in [0.05, 0.1) is 11.6 Å². The normalized spacial score (nSPS) is 17.9. The van der Waals surface area contributed by atoms with Crippen molar-refractivity contribution in [3.8, 4) is 0 Å². The van der Waals surface area contributed by atoms with E-state index in [0.29, 0.717) is 36.7 Å². The lowest BCUT2D eigenvalue weighted by atomic mass is 9.85. The molecule has 0 aromatic heterocycles. The summed E-state index contributed by atoms with van der Waals surface area (Å²) in [5.74, 6) is -1.05. The number of likely N-dealkylation sites (N-methyl/N-ethyl adjacent to an activating group) is 1. The molecule has 1 aromatic rings. The molecule has 1 aromatic carbocycles. The molecule has 2 rings (SSSR count). The topological polar surface area (TPSA) is 66.8 Å². The summed E-state index contributed by atoms with van der Waals surface area (Å²) in [6.07, 6.45) is 0.549. The lowest BCUT2D eigenvalue weighted by Crippen LogP contribution is -2.25. The standard InChI is InChI=1S/C19H23Cl2NO4/c1-11-8-15(23)17(16(24)9-11)19(25)12-4-5-14(20)13(18(12)21)10-22(2)6-7-26-3/h4-5,11,23H,6-10H2,1-3H3. The van der Waals surface area contributed by atoms with E-state index in [2.05, 4.69) is 0 Å². The second kappa shape index (κ2) is 9.00. The molecule has 1 aliphatic carbocycles. The van der Waals surface area contributed by atoms with E-state index in [1.54, 1.807) is 13.2 Å². The molecule has 0 spiro atoms. The van der Waals surface area contributed by atoms with Crippen LogP contribution in [0.25, 0.3) is 0 Å². The zero-order valence-electron chi connectivity index (χ0n) is 15.1. The van der Waals surface area contributed by atoms with Crippen molar-refractivity contribution >= 4 is 34.8 Å². The highest BCUT2D eigenvalue weighted by Crippen LogP contribution is 2.33. The number of rotatable bonds is 7. The number of carbonyl (C=O) groups is 2. The number of aliphatic hydroxyl groups excluding tert-OH is 1. The Labute approximate surface area is 163 Å². The third-order valence-corrected chi connectivity index (χ3v) is 5.19. The van der Waals surface area contributed by atoms with Gasteiger partial charge in [-0.25, -0.2) is 0 Å². The Morgan fingerprint density at radius 1 is 1.35 bits per heavy atom. The number of halogens is 2. The van der Waals surface area contributed by atoms with Crippen LogP contribution < -0.4 is 0 Å². The number of hydrogen-bond acceptors (Lipinski definition) is 5. The fourth-order valence-corrected chi connectivity index (χ4v) is 3.57. The van der Waals surface area contributed by atoms with Crippen LogP contribution in [0.4, 0.5) is 0 Å². The predicted octanol–water partition coefficient (Wildman–Crippen LogP) is 4.07. The average molecular weight is 400 g/mol. The van der Waals surface area contributed by atoms with Crippen LogP contribution in [0.2, 0.25) is 10.0 Å². The molecule has 0 fully saturated rings. The molecule has 26 heavy (non-hydrogen) atoms. The fourth-order valence-electron chi connectivity index (χ4n) is 2.99. The Morgan fingerprint density at radius 3 is 2.65 bits per heavy atom. The first kappa shape index (κ1) is 20.9. The monoisotopic (exact) mass is 399 g/mol. The van der Waals surface area contributed by atoms with Gasteiger partial charge in [-0.15, -0.1) is 0 Å². The van der Waals surface area contributed by atoms with Gasteiger partial charge in [-0.2, -0.15) is 0 Å². The first-order valence-corrected chi connectivity index (χ1v) is 9.16. The van der Waals surface area contributed by atoms with Gasteiger partial charge in [0.2, 0.25) is 5.78 Å². The van der Waals surface area contributed by atoms with E-state index < -0.39 is 5.78 Å². The second-order valence-electron chi connectivity index (χ2n) is 6.71. The van der Waals surface area contributed by atoms with Crippen molar-refractivity contribution in [2.75, 3.05) is 27.3 Å². The van der Waals surface area contributed by atoms with Crippen molar-refractivity contribution < 1.29 is 19.4 Å². The second-order valence-corrected chi connectivity index (χ2v) is 7.49. The summed E-state index contributed by atoms with van der Waals surface area (Å²) >= 11 is 12.7.